The van der Waals surface area contributed by atoms with Gasteiger partial charge in [0.1, 0.15) is 0 Å². The maximum atomic E-state index is 5.69. The average molecular weight is 236 g/mol. The molecule has 0 spiro atoms. The van der Waals surface area contributed by atoms with E-state index in [-0.39, 0.29) is 0 Å². The molecule has 0 saturated carbocycles. The molecule has 0 fully saturated rings. The zero-order valence-corrected chi connectivity index (χ0v) is 8.19. The number of halogens is 2. The molecule has 4 heteroatoms. The van der Waals surface area contributed by atoms with E-state index in [1.807, 2.05) is 6.07 Å². The van der Waals surface area contributed by atoms with E-state index in [0.29, 0.717) is 11.6 Å². The fourth-order valence-electron chi connectivity index (χ4n) is 0.764. The molecule has 2 nitrogen and oxygen atoms in total. The Hall–Kier alpha value is -0.120. The van der Waals surface area contributed by atoms with Gasteiger partial charge in [-0.15, -0.1) is 0 Å². The molecule has 0 bridgehead atoms. The molecule has 0 aromatic carbocycles. The molecule has 1 rings (SSSR count). The molecule has 0 aliphatic carbocycles. The lowest BCUT2D eigenvalue weighted by molar-refractivity contribution is 0.916. The molecule has 0 atom stereocenters. The van der Waals surface area contributed by atoms with Crippen molar-refractivity contribution in [3.05, 3.63) is 27.5 Å². The highest BCUT2D eigenvalue weighted by Gasteiger charge is 1.99. The third-order valence-electron chi connectivity index (χ3n) is 1.27. The van der Waals surface area contributed by atoms with Crippen LogP contribution in [0.4, 0.5) is 0 Å². The van der Waals surface area contributed by atoms with Crippen LogP contribution in [0.25, 0.3) is 0 Å². The minimum atomic E-state index is 0.604. The third kappa shape index (κ3) is 2.43. The number of nitrogens with two attached hydrogens (primary N) is 1. The second-order valence-electron chi connectivity index (χ2n) is 2.12. The molecule has 1 aromatic rings. The van der Waals surface area contributed by atoms with Crippen LogP contribution >= 0.6 is 27.5 Å². The summed E-state index contributed by atoms with van der Waals surface area (Å²) in [6.45, 7) is 0.604. The van der Waals surface area contributed by atoms with E-state index in [2.05, 4.69) is 20.9 Å². The minimum Gasteiger partial charge on any atom is -0.330 e. The van der Waals surface area contributed by atoms with Crippen molar-refractivity contribution in [1.29, 1.82) is 0 Å². The molecule has 11 heavy (non-hydrogen) atoms. The van der Waals surface area contributed by atoms with Gasteiger partial charge in [0.25, 0.3) is 0 Å². The molecule has 0 aliphatic heterocycles. The molecular weight excluding hydrogens is 227 g/mol. The Morgan fingerprint density at radius 2 is 2.36 bits per heavy atom. The normalized spacial score (nSPS) is 10.1. The van der Waals surface area contributed by atoms with E-state index < -0.39 is 0 Å². The summed E-state index contributed by atoms with van der Waals surface area (Å²) in [5.41, 5.74) is 6.33. The van der Waals surface area contributed by atoms with Crippen molar-refractivity contribution in [3.63, 3.8) is 0 Å². The molecule has 60 valence electrons. The first-order valence-electron chi connectivity index (χ1n) is 3.24. The summed E-state index contributed by atoms with van der Waals surface area (Å²) in [6, 6.07) is 1.82. The van der Waals surface area contributed by atoms with Crippen LogP contribution in [0.1, 0.15) is 5.69 Å². The van der Waals surface area contributed by atoms with Crippen LogP contribution in [0, 0.1) is 0 Å². The predicted molar refractivity (Wildman–Crippen MR) is 49.7 cm³/mol. The van der Waals surface area contributed by atoms with Crippen LogP contribution < -0.4 is 5.73 Å². The first-order chi connectivity index (χ1) is 5.24. The molecular formula is C7H8BrClN2. The summed E-state index contributed by atoms with van der Waals surface area (Å²) < 4.78 is 0.926. The van der Waals surface area contributed by atoms with Gasteiger partial charge in [-0.3, -0.25) is 4.98 Å². The van der Waals surface area contributed by atoms with E-state index in [1.165, 1.54) is 0 Å². The Morgan fingerprint density at radius 3 is 2.91 bits per heavy atom. The topological polar surface area (TPSA) is 38.9 Å². The molecule has 0 radical (unpaired) electrons. The monoisotopic (exact) mass is 234 g/mol. The minimum absolute atomic E-state index is 0.604. The average Bonchev–Trinajstić information content (AvgIpc) is 1.95. The summed E-state index contributed by atoms with van der Waals surface area (Å²) in [7, 11) is 0. The molecule has 1 heterocycles. The number of pyridine rings is 1. The Bertz CT molecular complexity index is 252. The van der Waals surface area contributed by atoms with Crippen molar-refractivity contribution in [3.8, 4) is 0 Å². The van der Waals surface area contributed by atoms with E-state index in [9.17, 15) is 0 Å². The van der Waals surface area contributed by atoms with Crippen molar-refractivity contribution in [2.75, 3.05) is 6.54 Å². The van der Waals surface area contributed by atoms with Gasteiger partial charge in [-0.1, -0.05) is 11.6 Å². The summed E-state index contributed by atoms with van der Waals surface area (Å²) in [5, 5.41) is 0.637. The Morgan fingerprint density at radius 1 is 1.64 bits per heavy atom. The zero-order chi connectivity index (χ0) is 8.27. The lowest BCUT2D eigenvalue weighted by Crippen LogP contribution is -2.04. The van der Waals surface area contributed by atoms with Gasteiger partial charge in [0.15, 0.2) is 0 Å². The standard InChI is InChI=1S/C7H8BrClN2/c8-6-3-5(9)4-11-7(6)1-2-10/h3-4H,1-2,10H2. The SMILES string of the molecule is NCCc1ncc(Cl)cc1Br. The number of rotatable bonds is 2. The Balaban J connectivity index is 2.90. The van der Waals surface area contributed by atoms with Gasteiger partial charge in [-0.05, 0) is 28.5 Å². The maximum Gasteiger partial charge on any atom is 0.0600 e. The van der Waals surface area contributed by atoms with E-state index in [4.69, 9.17) is 17.3 Å². The lowest BCUT2D eigenvalue weighted by Gasteiger charge is -2.00. The second-order valence-corrected chi connectivity index (χ2v) is 3.41. The zero-order valence-electron chi connectivity index (χ0n) is 5.85. The van der Waals surface area contributed by atoms with Gasteiger partial charge in [-0.25, -0.2) is 0 Å². The van der Waals surface area contributed by atoms with E-state index >= 15 is 0 Å². The largest absolute Gasteiger partial charge is 0.330 e. The molecule has 0 saturated heterocycles. The van der Waals surface area contributed by atoms with E-state index in [0.717, 1.165) is 16.6 Å². The summed E-state index contributed by atoms with van der Waals surface area (Å²) in [4.78, 5) is 4.11. The van der Waals surface area contributed by atoms with Crippen molar-refractivity contribution >= 4 is 27.5 Å². The number of nitrogens with zero attached hydrogens (tertiary/aromatic N) is 1. The lowest BCUT2D eigenvalue weighted by atomic mass is 10.3. The number of aromatic nitrogens is 1. The van der Waals surface area contributed by atoms with Crippen molar-refractivity contribution in [1.82, 2.24) is 4.98 Å². The van der Waals surface area contributed by atoms with E-state index in [1.54, 1.807) is 6.20 Å². The van der Waals surface area contributed by atoms with Crippen LogP contribution in [0.15, 0.2) is 16.7 Å². The first kappa shape index (κ1) is 8.97. The highest BCUT2D eigenvalue weighted by molar-refractivity contribution is 9.10. The fourth-order valence-corrected chi connectivity index (χ4v) is 1.60. The van der Waals surface area contributed by atoms with Crippen molar-refractivity contribution in [2.24, 2.45) is 5.73 Å². The summed E-state index contributed by atoms with van der Waals surface area (Å²) in [5.74, 6) is 0. The van der Waals surface area contributed by atoms with Gasteiger partial charge in [0.2, 0.25) is 0 Å². The van der Waals surface area contributed by atoms with Gasteiger partial charge < -0.3 is 5.73 Å². The smallest absolute Gasteiger partial charge is 0.0600 e. The third-order valence-corrected chi connectivity index (χ3v) is 2.16. The summed E-state index contributed by atoms with van der Waals surface area (Å²) >= 11 is 9.04. The van der Waals surface area contributed by atoms with Gasteiger partial charge >= 0.3 is 0 Å². The second kappa shape index (κ2) is 4.04. The van der Waals surface area contributed by atoms with Crippen LogP contribution in [0.2, 0.25) is 5.02 Å². The Kier molecular flexibility index (Phi) is 3.30. The van der Waals surface area contributed by atoms with Crippen LogP contribution in [-0.2, 0) is 6.42 Å². The van der Waals surface area contributed by atoms with Gasteiger partial charge in [0, 0.05) is 17.1 Å². The number of hydrogen-bond donors (Lipinski definition) is 1. The quantitative estimate of drug-likeness (QED) is 0.851. The first-order valence-corrected chi connectivity index (χ1v) is 4.41. The fraction of sp³-hybridized carbons (Fsp3) is 0.286. The van der Waals surface area contributed by atoms with Gasteiger partial charge in [-0.2, -0.15) is 0 Å². The molecule has 0 aliphatic rings. The van der Waals surface area contributed by atoms with Crippen molar-refractivity contribution in [2.45, 2.75) is 6.42 Å². The molecule has 2 N–H and O–H groups in total. The van der Waals surface area contributed by atoms with Gasteiger partial charge in [0.05, 0.1) is 10.7 Å². The molecule has 1 aromatic heterocycles. The molecule has 0 unspecified atom stereocenters. The molecule has 0 amide bonds. The summed E-state index contributed by atoms with van der Waals surface area (Å²) in [6.07, 6.45) is 2.40. The number of hydrogen-bond acceptors (Lipinski definition) is 2. The van der Waals surface area contributed by atoms with Crippen LogP contribution in [-0.4, -0.2) is 11.5 Å². The predicted octanol–water partition coefficient (Wildman–Crippen LogP) is 2.00. The maximum absolute atomic E-state index is 5.69. The van der Waals surface area contributed by atoms with Crippen LogP contribution in [0.3, 0.4) is 0 Å². The Labute approximate surface area is 78.9 Å². The van der Waals surface area contributed by atoms with Crippen molar-refractivity contribution < 1.29 is 0 Å². The highest BCUT2D eigenvalue weighted by atomic mass is 79.9. The van der Waals surface area contributed by atoms with Crippen LogP contribution in [0.5, 0.6) is 0 Å². The highest BCUT2D eigenvalue weighted by Crippen LogP contribution is 2.18.